The van der Waals surface area contributed by atoms with Crippen molar-refractivity contribution in [1.82, 2.24) is 34.1 Å². The highest BCUT2D eigenvalue weighted by atomic mass is 16.1. The lowest BCUT2D eigenvalue weighted by Gasteiger charge is -2.33. The molecule has 1 fully saturated rings. The number of nitrogens with one attached hydrogen (secondary N) is 1. The predicted octanol–water partition coefficient (Wildman–Crippen LogP) is 2.91. The fourth-order valence-corrected chi connectivity index (χ4v) is 4.75. The fourth-order valence-electron chi connectivity index (χ4n) is 4.75. The van der Waals surface area contributed by atoms with Crippen LogP contribution in [-0.4, -0.2) is 47.1 Å². The molecule has 5 heterocycles. The van der Waals surface area contributed by atoms with E-state index in [0.717, 1.165) is 65.3 Å². The largest absolute Gasteiger partial charge is 0.355 e. The van der Waals surface area contributed by atoms with Crippen LogP contribution in [0.1, 0.15) is 18.9 Å². The third kappa shape index (κ3) is 2.89. The summed E-state index contributed by atoms with van der Waals surface area (Å²) in [6.07, 6.45) is 6.85. The summed E-state index contributed by atoms with van der Waals surface area (Å²) >= 11 is 0. The molecular formula is C23H22N8O. The molecule has 1 aliphatic heterocycles. The second kappa shape index (κ2) is 7.30. The fraction of sp³-hybridized carbons (Fsp3) is 0.261. The minimum absolute atomic E-state index is 0.0409. The van der Waals surface area contributed by atoms with Crippen molar-refractivity contribution in [2.45, 2.75) is 18.9 Å². The minimum atomic E-state index is -0.0409. The van der Waals surface area contributed by atoms with Gasteiger partial charge in [-0.2, -0.15) is 0 Å². The SMILES string of the molecule is Cn1c(-c2ccncc2)nc2c(N3CCC(n4c(=O)[nH]c5ccccc54)CC3)ncnc21. The van der Waals surface area contributed by atoms with Crippen LogP contribution in [0.15, 0.2) is 59.9 Å². The van der Waals surface area contributed by atoms with Gasteiger partial charge in [0.15, 0.2) is 17.0 Å². The number of nitrogens with zero attached hydrogens (tertiary/aromatic N) is 7. The van der Waals surface area contributed by atoms with E-state index in [2.05, 4.69) is 24.8 Å². The lowest BCUT2D eigenvalue weighted by Crippen LogP contribution is -2.37. The van der Waals surface area contributed by atoms with Crippen LogP contribution in [0.4, 0.5) is 5.82 Å². The van der Waals surface area contributed by atoms with Gasteiger partial charge < -0.3 is 14.5 Å². The molecule has 6 rings (SSSR count). The molecule has 0 amide bonds. The average molecular weight is 426 g/mol. The van der Waals surface area contributed by atoms with E-state index in [4.69, 9.17) is 4.98 Å². The van der Waals surface area contributed by atoms with Gasteiger partial charge in [0.2, 0.25) is 0 Å². The Kier molecular flexibility index (Phi) is 4.27. The van der Waals surface area contributed by atoms with Crippen LogP contribution in [0.3, 0.4) is 0 Å². The van der Waals surface area contributed by atoms with Gasteiger partial charge in [-0.3, -0.25) is 9.55 Å². The summed E-state index contributed by atoms with van der Waals surface area (Å²) in [7, 11) is 1.97. The zero-order chi connectivity index (χ0) is 21.7. The van der Waals surface area contributed by atoms with E-state index in [1.807, 2.05) is 52.6 Å². The minimum Gasteiger partial charge on any atom is -0.355 e. The van der Waals surface area contributed by atoms with E-state index < -0.39 is 0 Å². The second-order valence-corrected chi connectivity index (χ2v) is 8.14. The first-order valence-electron chi connectivity index (χ1n) is 10.7. The molecule has 0 bridgehead atoms. The molecule has 0 unspecified atom stereocenters. The number of rotatable bonds is 3. The Morgan fingerprint density at radius 3 is 2.62 bits per heavy atom. The second-order valence-electron chi connectivity index (χ2n) is 8.14. The van der Waals surface area contributed by atoms with Crippen molar-refractivity contribution in [3.63, 3.8) is 0 Å². The van der Waals surface area contributed by atoms with E-state index in [-0.39, 0.29) is 11.7 Å². The third-order valence-corrected chi connectivity index (χ3v) is 6.33. The summed E-state index contributed by atoms with van der Waals surface area (Å²) < 4.78 is 3.90. The van der Waals surface area contributed by atoms with Gasteiger partial charge in [-0.1, -0.05) is 12.1 Å². The van der Waals surface area contributed by atoms with Crippen LogP contribution in [0, 0.1) is 0 Å². The molecule has 0 atom stereocenters. The molecule has 5 aromatic rings. The van der Waals surface area contributed by atoms with Crippen molar-refractivity contribution in [3.05, 3.63) is 65.6 Å². The van der Waals surface area contributed by atoms with Crippen LogP contribution in [0.5, 0.6) is 0 Å². The van der Waals surface area contributed by atoms with Crippen molar-refractivity contribution in [2.24, 2.45) is 7.05 Å². The number of hydrogen-bond acceptors (Lipinski definition) is 6. The first-order chi connectivity index (χ1) is 15.7. The van der Waals surface area contributed by atoms with Gasteiger partial charge in [0.1, 0.15) is 12.2 Å². The van der Waals surface area contributed by atoms with E-state index in [9.17, 15) is 4.79 Å². The van der Waals surface area contributed by atoms with Crippen molar-refractivity contribution in [3.8, 4) is 11.4 Å². The molecule has 1 N–H and O–H groups in total. The zero-order valence-electron chi connectivity index (χ0n) is 17.6. The third-order valence-electron chi connectivity index (χ3n) is 6.33. The van der Waals surface area contributed by atoms with E-state index >= 15 is 0 Å². The molecule has 0 spiro atoms. The topological polar surface area (TPSA) is 97.5 Å². The number of aryl methyl sites for hydroxylation is 1. The summed E-state index contributed by atoms with van der Waals surface area (Å²) in [5.74, 6) is 1.68. The lowest BCUT2D eigenvalue weighted by atomic mass is 10.0. The highest BCUT2D eigenvalue weighted by Crippen LogP contribution is 2.31. The lowest BCUT2D eigenvalue weighted by molar-refractivity contribution is 0.395. The first kappa shape index (κ1) is 18.7. The molecule has 0 saturated carbocycles. The van der Waals surface area contributed by atoms with E-state index in [0.29, 0.717) is 0 Å². The number of pyridine rings is 1. The molecule has 1 aliphatic rings. The Labute approximate surface area is 183 Å². The van der Waals surface area contributed by atoms with Crippen LogP contribution in [-0.2, 0) is 7.05 Å². The average Bonchev–Trinajstić information content (AvgIpc) is 3.36. The summed E-state index contributed by atoms with van der Waals surface area (Å²) in [5.41, 5.74) is 4.40. The van der Waals surface area contributed by atoms with E-state index in [1.54, 1.807) is 18.7 Å². The number of imidazole rings is 2. The molecular weight excluding hydrogens is 404 g/mol. The monoisotopic (exact) mass is 426 g/mol. The smallest absolute Gasteiger partial charge is 0.326 e. The molecule has 32 heavy (non-hydrogen) atoms. The number of piperidine rings is 1. The molecule has 0 aliphatic carbocycles. The van der Waals surface area contributed by atoms with Crippen LogP contribution in [0.25, 0.3) is 33.6 Å². The number of aromatic amines is 1. The number of benzene rings is 1. The quantitative estimate of drug-likeness (QED) is 0.476. The molecule has 0 radical (unpaired) electrons. The Hall–Kier alpha value is -4.01. The Bertz CT molecular complexity index is 1470. The molecule has 9 nitrogen and oxygen atoms in total. The Balaban J connectivity index is 1.32. The highest BCUT2D eigenvalue weighted by molar-refractivity contribution is 5.86. The predicted molar refractivity (Wildman–Crippen MR) is 123 cm³/mol. The number of fused-ring (bicyclic) bond motifs is 2. The van der Waals surface area contributed by atoms with Crippen molar-refractivity contribution in [2.75, 3.05) is 18.0 Å². The van der Waals surface area contributed by atoms with Crippen molar-refractivity contribution < 1.29 is 0 Å². The number of hydrogen-bond donors (Lipinski definition) is 1. The van der Waals surface area contributed by atoms with Gasteiger partial charge in [0.05, 0.1) is 11.0 Å². The molecule has 1 aromatic carbocycles. The molecule has 160 valence electrons. The number of aromatic nitrogens is 7. The summed E-state index contributed by atoms with van der Waals surface area (Å²) in [6.45, 7) is 1.59. The normalized spacial score (nSPS) is 15.1. The number of para-hydroxylation sites is 2. The highest BCUT2D eigenvalue weighted by Gasteiger charge is 2.26. The first-order valence-corrected chi connectivity index (χ1v) is 10.7. The van der Waals surface area contributed by atoms with E-state index in [1.165, 1.54) is 0 Å². The van der Waals surface area contributed by atoms with Gasteiger partial charge in [-0.15, -0.1) is 0 Å². The Morgan fingerprint density at radius 2 is 1.81 bits per heavy atom. The maximum atomic E-state index is 12.6. The van der Waals surface area contributed by atoms with Crippen molar-refractivity contribution in [1.29, 1.82) is 0 Å². The number of H-pyrrole nitrogens is 1. The zero-order valence-corrected chi connectivity index (χ0v) is 17.6. The number of anilines is 1. The van der Waals surface area contributed by atoms with Gasteiger partial charge >= 0.3 is 5.69 Å². The van der Waals surface area contributed by atoms with Crippen LogP contribution < -0.4 is 10.6 Å². The Morgan fingerprint density at radius 1 is 1.03 bits per heavy atom. The molecule has 1 saturated heterocycles. The summed E-state index contributed by atoms with van der Waals surface area (Å²) in [5, 5.41) is 0. The summed E-state index contributed by atoms with van der Waals surface area (Å²) in [4.78, 5) is 35.9. The van der Waals surface area contributed by atoms with Crippen LogP contribution in [0.2, 0.25) is 0 Å². The van der Waals surface area contributed by atoms with Crippen LogP contribution >= 0.6 is 0 Å². The van der Waals surface area contributed by atoms with Crippen molar-refractivity contribution >= 4 is 28.0 Å². The van der Waals surface area contributed by atoms with Gasteiger partial charge in [-0.05, 0) is 37.1 Å². The van der Waals surface area contributed by atoms with Gasteiger partial charge in [-0.25, -0.2) is 19.7 Å². The molecule has 9 heteroatoms. The standard InChI is InChI=1S/C23H22N8O/c1-29-20(15-6-10-24-11-7-15)28-19-21(29)25-14-26-22(19)30-12-8-16(9-13-30)31-18-5-3-2-4-17(18)27-23(31)32/h2-7,10-11,14,16H,8-9,12-13H2,1H3,(H,27,32). The summed E-state index contributed by atoms with van der Waals surface area (Å²) in [6, 6.07) is 11.9. The maximum absolute atomic E-state index is 12.6. The molecule has 4 aromatic heterocycles. The maximum Gasteiger partial charge on any atom is 0.326 e. The van der Waals surface area contributed by atoms with Gasteiger partial charge in [0, 0.05) is 44.1 Å². The van der Waals surface area contributed by atoms with Gasteiger partial charge in [0.25, 0.3) is 0 Å².